The number of aromatic nitrogens is 1. The highest BCUT2D eigenvalue weighted by molar-refractivity contribution is 7.91. The molecule has 0 radical (unpaired) electrons. The van der Waals surface area contributed by atoms with Crippen LogP contribution >= 0.6 is 11.3 Å². The van der Waals surface area contributed by atoms with Gasteiger partial charge in [-0.3, -0.25) is 0 Å². The molecule has 120 valence electrons. The molecule has 0 saturated heterocycles. The van der Waals surface area contributed by atoms with Gasteiger partial charge in [0.25, 0.3) is 0 Å². The van der Waals surface area contributed by atoms with Crippen LogP contribution in [-0.4, -0.2) is 26.5 Å². The molecule has 0 atom stereocenters. The van der Waals surface area contributed by atoms with E-state index in [1.807, 2.05) is 0 Å². The zero-order chi connectivity index (χ0) is 16.2. The lowest BCUT2D eigenvalue weighted by molar-refractivity contribution is -0.141. The van der Waals surface area contributed by atoms with Gasteiger partial charge in [-0.1, -0.05) is 12.1 Å². The fourth-order valence-corrected chi connectivity index (χ4v) is 3.62. The molecule has 2 aromatic heterocycles. The van der Waals surface area contributed by atoms with Crippen molar-refractivity contribution in [3.63, 3.8) is 0 Å². The van der Waals surface area contributed by atoms with Gasteiger partial charge in [-0.05, 0) is 23.6 Å². The minimum Gasteiger partial charge on any atom is -0.369 e. The normalized spacial score (nSPS) is 12.3. The summed E-state index contributed by atoms with van der Waals surface area (Å²) in [7, 11) is -3.57. The Morgan fingerprint density at radius 2 is 1.91 bits per heavy atom. The lowest BCUT2D eigenvalue weighted by Crippen LogP contribution is -2.28. The first kappa shape index (κ1) is 16.7. The van der Waals surface area contributed by atoms with E-state index in [1.165, 1.54) is 18.2 Å². The fraction of sp³-hybridized carbons (Fsp3) is 0.250. The summed E-state index contributed by atoms with van der Waals surface area (Å²) in [6, 6.07) is 6.56. The van der Waals surface area contributed by atoms with Gasteiger partial charge >= 0.3 is 6.18 Å². The van der Waals surface area contributed by atoms with E-state index in [1.54, 1.807) is 11.4 Å². The smallest absolute Gasteiger partial charge is 0.369 e. The van der Waals surface area contributed by atoms with E-state index < -0.39 is 21.9 Å². The van der Waals surface area contributed by atoms with Gasteiger partial charge in [-0.15, -0.1) is 11.3 Å². The second kappa shape index (κ2) is 6.63. The molecule has 10 heteroatoms. The van der Waals surface area contributed by atoms with Crippen LogP contribution in [0.1, 0.15) is 5.69 Å². The average Bonchev–Trinajstić information content (AvgIpc) is 2.98. The molecule has 5 nitrogen and oxygen atoms in total. The lowest BCUT2D eigenvalue weighted by Gasteiger charge is -2.10. The number of rotatable bonds is 6. The van der Waals surface area contributed by atoms with Crippen LogP contribution in [-0.2, 0) is 16.2 Å². The Bertz CT molecular complexity index is 715. The molecule has 22 heavy (non-hydrogen) atoms. The lowest BCUT2D eigenvalue weighted by atomic mass is 10.3. The molecule has 2 heterocycles. The maximum atomic E-state index is 12.5. The molecule has 0 aromatic carbocycles. The van der Waals surface area contributed by atoms with Gasteiger partial charge in [-0.25, -0.2) is 18.1 Å². The largest absolute Gasteiger partial charge is 0.433 e. The van der Waals surface area contributed by atoms with Crippen molar-refractivity contribution < 1.29 is 21.6 Å². The first-order chi connectivity index (χ1) is 10.3. The molecule has 0 fully saturated rings. The molecule has 2 aromatic rings. The minimum absolute atomic E-state index is 0.0260. The van der Waals surface area contributed by atoms with Crippen molar-refractivity contribution in [2.45, 2.75) is 10.4 Å². The number of hydrogen-bond donors (Lipinski definition) is 2. The standard InChI is InChI=1S/C12H12F3N3O2S2/c13-12(14,15)9-3-1-4-10(18-9)16-6-7-17-22(19,20)11-5-2-8-21-11/h1-5,8,17H,6-7H2,(H,16,18). The van der Waals surface area contributed by atoms with Crippen molar-refractivity contribution in [2.75, 3.05) is 18.4 Å². The van der Waals surface area contributed by atoms with Crippen LogP contribution in [0.2, 0.25) is 0 Å². The molecule has 2 rings (SSSR count). The van der Waals surface area contributed by atoms with E-state index in [-0.39, 0.29) is 23.1 Å². The SMILES string of the molecule is O=S(=O)(NCCNc1cccc(C(F)(F)F)n1)c1cccs1. The minimum atomic E-state index is -4.52. The monoisotopic (exact) mass is 351 g/mol. The number of sulfonamides is 1. The second-order valence-corrected chi connectivity index (χ2v) is 7.10. The topological polar surface area (TPSA) is 71.1 Å². The molecular weight excluding hydrogens is 339 g/mol. The molecule has 0 unspecified atom stereocenters. The van der Waals surface area contributed by atoms with E-state index in [0.717, 1.165) is 17.4 Å². The van der Waals surface area contributed by atoms with Crippen molar-refractivity contribution in [1.29, 1.82) is 0 Å². The fourth-order valence-electron chi connectivity index (χ4n) is 1.55. The Balaban J connectivity index is 1.87. The summed E-state index contributed by atoms with van der Waals surface area (Å²) in [5.74, 6) is 0.0325. The van der Waals surface area contributed by atoms with E-state index in [9.17, 15) is 21.6 Å². The van der Waals surface area contributed by atoms with E-state index in [2.05, 4.69) is 15.0 Å². The molecule has 0 aliphatic rings. The number of anilines is 1. The van der Waals surface area contributed by atoms with Crippen LogP contribution in [0.3, 0.4) is 0 Å². The highest BCUT2D eigenvalue weighted by atomic mass is 32.2. The van der Waals surface area contributed by atoms with E-state index in [4.69, 9.17) is 0 Å². The van der Waals surface area contributed by atoms with Crippen molar-refractivity contribution in [1.82, 2.24) is 9.71 Å². The van der Waals surface area contributed by atoms with Crippen molar-refractivity contribution >= 4 is 27.2 Å². The Morgan fingerprint density at radius 1 is 1.14 bits per heavy atom. The Morgan fingerprint density at radius 3 is 2.55 bits per heavy atom. The number of thiophene rings is 1. The highest BCUT2D eigenvalue weighted by Gasteiger charge is 2.32. The molecule has 0 saturated carbocycles. The number of pyridine rings is 1. The van der Waals surface area contributed by atoms with Crippen molar-refractivity contribution in [3.8, 4) is 0 Å². The number of halogens is 3. The molecule has 0 bridgehead atoms. The van der Waals surface area contributed by atoms with Crippen LogP contribution in [0, 0.1) is 0 Å². The Labute approximate surface area is 129 Å². The summed E-state index contributed by atoms with van der Waals surface area (Å²) < 4.78 is 63.6. The van der Waals surface area contributed by atoms with Gasteiger partial charge in [0, 0.05) is 13.1 Å². The first-order valence-corrected chi connectivity index (χ1v) is 8.46. The molecule has 0 aliphatic heterocycles. The maximum Gasteiger partial charge on any atom is 0.433 e. The van der Waals surface area contributed by atoms with Crippen LogP contribution < -0.4 is 10.0 Å². The van der Waals surface area contributed by atoms with Gasteiger partial charge in [0.2, 0.25) is 10.0 Å². The van der Waals surface area contributed by atoms with Crippen molar-refractivity contribution in [2.24, 2.45) is 0 Å². The number of alkyl halides is 3. The summed E-state index contributed by atoms with van der Waals surface area (Å²) in [5.41, 5.74) is -1.00. The Kier molecular flexibility index (Phi) is 5.04. The third kappa shape index (κ3) is 4.42. The van der Waals surface area contributed by atoms with Crippen LogP contribution in [0.15, 0.2) is 39.9 Å². The molecule has 2 N–H and O–H groups in total. The third-order valence-electron chi connectivity index (χ3n) is 2.52. The predicted octanol–water partition coefficient (Wildman–Crippen LogP) is 2.55. The van der Waals surface area contributed by atoms with E-state index in [0.29, 0.717) is 0 Å². The number of hydrogen-bond acceptors (Lipinski definition) is 5. The van der Waals surface area contributed by atoms with Gasteiger partial charge in [-0.2, -0.15) is 13.2 Å². The van der Waals surface area contributed by atoms with E-state index >= 15 is 0 Å². The van der Waals surface area contributed by atoms with Crippen LogP contribution in [0.5, 0.6) is 0 Å². The molecular formula is C12H12F3N3O2S2. The summed E-state index contributed by atoms with van der Waals surface area (Å²) in [6.45, 7) is 0.136. The first-order valence-electron chi connectivity index (χ1n) is 6.10. The summed E-state index contributed by atoms with van der Waals surface area (Å²) >= 11 is 1.08. The Hall–Kier alpha value is -1.65. The van der Waals surface area contributed by atoms with Gasteiger partial charge < -0.3 is 5.32 Å². The second-order valence-electron chi connectivity index (χ2n) is 4.16. The highest BCUT2D eigenvalue weighted by Crippen LogP contribution is 2.28. The van der Waals surface area contributed by atoms with Gasteiger partial charge in [0.05, 0.1) is 0 Å². The predicted molar refractivity (Wildman–Crippen MR) is 77.2 cm³/mol. The molecule has 0 aliphatic carbocycles. The zero-order valence-corrected chi connectivity index (χ0v) is 12.7. The zero-order valence-electron chi connectivity index (χ0n) is 11.1. The molecule has 0 amide bonds. The summed E-state index contributed by atoms with van der Waals surface area (Å²) in [6.07, 6.45) is -4.52. The van der Waals surface area contributed by atoms with Crippen LogP contribution in [0.25, 0.3) is 0 Å². The average molecular weight is 351 g/mol. The van der Waals surface area contributed by atoms with Gasteiger partial charge in [0.1, 0.15) is 15.7 Å². The van der Waals surface area contributed by atoms with Crippen molar-refractivity contribution in [3.05, 3.63) is 41.4 Å². The maximum absolute atomic E-state index is 12.5. The van der Waals surface area contributed by atoms with Crippen LogP contribution in [0.4, 0.5) is 19.0 Å². The van der Waals surface area contributed by atoms with Gasteiger partial charge in [0.15, 0.2) is 0 Å². The summed E-state index contributed by atoms with van der Waals surface area (Å²) in [5, 5.41) is 4.28. The third-order valence-corrected chi connectivity index (χ3v) is 5.38. The summed E-state index contributed by atoms with van der Waals surface area (Å²) in [4.78, 5) is 3.42. The molecule has 0 spiro atoms. The number of nitrogens with one attached hydrogen (secondary N) is 2. The quantitative estimate of drug-likeness (QED) is 0.785. The number of nitrogens with zero attached hydrogens (tertiary/aromatic N) is 1.